The molecule has 0 unspecified atom stereocenters. The molecule has 0 N–H and O–H groups in total. The minimum Gasteiger partial charge on any atom is -0.295 e. The zero-order chi connectivity index (χ0) is 17.4. The summed E-state index contributed by atoms with van der Waals surface area (Å²) in [7, 11) is 0. The molecule has 0 radical (unpaired) electrons. The number of carbonyl (C=O) groups is 2. The molecule has 0 bridgehead atoms. The zero-order valence-electron chi connectivity index (χ0n) is 13.4. The molecule has 0 heterocycles. The van der Waals surface area contributed by atoms with Crippen molar-refractivity contribution >= 4 is 11.6 Å². The Morgan fingerprint density at radius 2 is 1.04 bits per heavy atom. The Labute approximate surface area is 142 Å². The van der Waals surface area contributed by atoms with Gasteiger partial charge in [0.2, 0.25) is 0 Å². The molecule has 0 atom stereocenters. The Hall–Kier alpha value is -3.18. The van der Waals surface area contributed by atoms with Gasteiger partial charge in [-0.05, 0) is 47.5 Å². The maximum atomic E-state index is 11.3. The number of ketones is 2. The molecule has 118 valence electrons. The van der Waals surface area contributed by atoms with Gasteiger partial charge in [-0.2, -0.15) is 0 Å². The third-order valence-electron chi connectivity index (χ3n) is 3.47. The van der Waals surface area contributed by atoms with E-state index in [9.17, 15) is 9.59 Å². The number of hydrogen-bond donors (Lipinski definition) is 0. The third kappa shape index (κ3) is 5.23. The second-order valence-corrected chi connectivity index (χ2v) is 5.34. The number of allylic oxidation sites excluding steroid dienone is 2. The summed E-state index contributed by atoms with van der Waals surface area (Å²) in [5, 5.41) is 0. The number of benzene rings is 2. The van der Waals surface area contributed by atoms with Gasteiger partial charge in [0.1, 0.15) is 0 Å². The van der Waals surface area contributed by atoms with Crippen molar-refractivity contribution in [2.75, 3.05) is 0 Å². The van der Waals surface area contributed by atoms with Gasteiger partial charge in [-0.1, -0.05) is 49.3 Å². The highest BCUT2D eigenvalue weighted by Crippen LogP contribution is 2.07. The lowest BCUT2D eigenvalue weighted by molar-refractivity contribution is -0.114. The topological polar surface area (TPSA) is 34.1 Å². The van der Waals surface area contributed by atoms with Crippen molar-refractivity contribution in [3.8, 4) is 11.8 Å². The maximum Gasteiger partial charge on any atom is 0.159 e. The van der Waals surface area contributed by atoms with Gasteiger partial charge in [0, 0.05) is 24.0 Å². The summed E-state index contributed by atoms with van der Waals surface area (Å²) < 4.78 is 0. The quantitative estimate of drug-likeness (QED) is 0.602. The van der Waals surface area contributed by atoms with Gasteiger partial charge < -0.3 is 0 Å². The highest BCUT2D eigenvalue weighted by molar-refractivity contribution is 5.91. The lowest BCUT2D eigenvalue weighted by Gasteiger charge is -1.98. The van der Waals surface area contributed by atoms with Crippen molar-refractivity contribution in [1.82, 2.24) is 0 Å². The molecule has 24 heavy (non-hydrogen) atoms. The van der Waals surface area contributed by atoms with E-state index in [4.69, 9.17) is 0 Å². The van der Waals surface area contributed by atoms with E-state index >= 15 is 0 Å². The molecule has 0 saturated carbocycles. The summed E-state index contributed by atoms with van der Waals surface area (Å²) in [5.74, 6) is 6.18. The SMILES string of the molecule is C=CC(=O)Cc1ccc(C#Cc2ccc(CC(=O)C=C)cc2)cc1. The second-order valence-electron chi connectivity index (χ2n) is 5.34. The van der Waals surface area contributed by atoms with E-state index in [1.54, 1.807) is 0 Å². The van der Waals surface area contributed by atoms with E-state index in [-0.39, 0.29) is 11.6 Å². The summed E-state index contributed by atoms with van der Waals surface area (Å²) in [6.45, 7) is 6.94. The lowest BCUT2D eigenvalue weighted by atomic mass is 10.1. The Balaban J connectivity index is 2.04. The van der Waals surface area contributed by atoms with Crippen LogP contribution in [-0.4, -0.2) is 11.6 Å². The number of carbonyl (C=O) groups excluding carboxylic acids is 2. The molecular formula is C22H18O2. The molecule has 0 spiro atoms. The summed E-state index contributed by atoms with van der Waals surface area (Å²) in [6, 6.07) is 15.2. The van der Waals surface area contributed by atoms with E-state index in [1.165, 1.54) is 12.2 Å². The molecule has 0 saturated heterocycles. The van der Waals surface area contributed by atoms with Crippen LogP contribution >= 0.6 is 0 Å². The summed E-state index contributed by atoms with van der Waals surface area (Å²) in [5.41, 5.74) is 3.66. The first kappa shape index (κ1) is 17.2. The average molecular weight is 314 g/mol. The predicted octanol–water partition coefficient (Wildman–Crippen LogP) is 3.68. The van der Waals surface area contributed by atoms with Crippen LogP contribution in [0.1, 0.15) is 22.3 Å². The fraction of sp³-hybridized carbons (Fsp3) is 0.0909. The Bertz CT molecular complexity index is 744. The van der Waals surface area contributed by atoms with Crippen molar-refractivity contribution < 1.29 is 9.59 Å². The average Bonchev–Trinajstić information content (AvgIpc) is 2.62. The zero-order valence-corrected chi connectivity index (χ0v) is 13.4. The third-order valence-corrected chi connectivity index (χ3v) is 3.47. The van der Waals surface area contributed by atoms with Crippen LogP contribution < -0.4 is 0 Å². The minimum absolute atomic E-state index is 0.00357. The monoisotopic (exact) mass is 314 g/mol. The highest BCUT2D eigenvalue weighted by atomic mass is 16.1. The van der Waals surface area contributed by atoms with Crippen molar-refractivity contribution in [2.45, 2.75) is 12.8 Å². The molecule has 2 heteroatoms. The Morgan fingerprint density at radius 3 is 1.33 bits per heavy atom. The first-order chi connectivity index (χ1) is 11.6. The Kier molecular flexibility index (Phi) is 6.05. The smallest absolute Gasteiger partial charge is 0.159 e. The van der Waals surface area contributed by atoms with Gasteiger partial charge in [-0.15, -0.1) is 0 Å². The van der Waals surface area contributed by atoms with Gasteiger partial charge in [0.05, 0.1) is 0 Å². The molecule has 0 aromatic heterocycles. The lowest BCUT2D eigenvalue weighted by Crippen LogP contribution is -1.97. The van der Waals surface area contributed by atoms with E-state index in [1.807, 2.05) is 48.5 Å². The summed E-state index contributed by atoms with van der Waals surface area (Å²) in [4.78, 5) is 22.6. The molecule has 0 fully saturated rings. The van der Waals surface area contributed by atoms with Crippen molar-refractivity contribution in [3.63, 3.8) is 0 Å². The van der Waals surface area contributed by atoms with Gasteiger partial charge in [-0.25, -0.2) is 0 Å². The fourth-order valence-electron chi connectivity index (χ4n) is 2.10. The first-order valence-electron chi connectivity index (χ1n) is 7.61. The van der Waals surface area contributed by atoms with Crippen LogP contribution in [0.4, 0.5) is 0 Å². The van der Waals surface area contributed by atoms with E-state index < -0.39 is 0 Å². The standard InChI is InChI=1S/C22H18O2/c1-3-21(23)15-19-11-7-17(8-12-19)5-6-18-9-13-20(14-10-18)16-22(24)4-2/h3-4,7-14H,1-2,15-16H2. The highest BCUT2D eigenvalue weighted by Gasteiger charge is 1.99. The van der Waals surface area contributed by atoms with Crippen LogP contribution in [0.2, 0.25) is 0 Å². The van der Waals surface area contributed by atoms with E-state index in [2.05, 4.69) is 25.0 Å². The van der Waals surface area contributed by atoms with Crippen LogP contribution in [0.3, 0.4) is 0 Å². The summed E-state index contributed by atoms with van der Waals surface area (Å²) >= 11 is 0. The minimum atomic E-state index is 0.00357. The van der Waals surface area contributed by atoms with Crippen LogP contribution in [0.5, 0.6) is 0 Å². The summed E-state index contributed by atoms with van der Waals surface area (Å²) in [6.07, 6.45) is 3.39. The van der Waals surface area contributed by atoms with E-state index in [0.29, 0.717) is 12.8 Å². The van der Waals surface area contributed by atoms with Gasteiger partial charge in [0.15, 0.2) is 11.6 Å². The molecule has 0 aliphatic heterocycles. The molecular weight excluding hydrogens is 296 g/mol. The second kappa shape index (κ2) is 8.45. The molecule has 2 nitrogen and oxygen atoms in total. The largest absolute Gasteiger partial charge is 0.295 e. The molecule has 0 amide bonds. The molecule has 0 aliphatic carbocycles. The molecule has 2 aromatic rings. The molecule has 2 aromatic carbocycles. The van der Waals surface area contributed by atoms with Gasteiger partial charge in [-0.3, -0.25) is 9.59 Å². The van der Waals surface area contributed by atoms with Crippen molar-refractivity contribution in [2.24, 2.45) is 0 Å². The molecule has 0 aliphatic rings. The van der Waals surface area contributed by atoms with Crippen LogP contribution in [0.25, 0.3) is 0 Å². The van der Waals surface area contributed by atoms with Crippen molar-refractivity contribution in [3.05, 3.63) is 96.1 Å². The first-order valence-corrected chi connectivity index (χ1v) is 7.61. The van der Waals surface area contributed by atoms with Crippen LogP contribution in [0.15, 0.2) is 73.8 Å². The molecule has 2 rings (SSSR count). The van der Waals surface area contributed by atoms with Gasteiger partial charge in [0.25, 0.3) is 0 Å². The van der Waals surface area contributed by atoms with Crippen molar-refractivity contribution in [1.29, 1.82) is 0 Å². The normalized spacial score (nSPS) is 9.50. The number of rotatable bonds is 6. The predicted molar refractivity (Wildman–Crippen MR) is 96.7 cm³/mol. The van der Waals surface area contributed by atoms with Crippen LogP contribution in [-0.2, 0) is 22.4 Å². The Morgan fingerprint density at radius 1 is 0.708 bits per heavy atom. The number of hydrogen-bond acceptors (Lipinski definition) is 2. The van der Waals surface area contributed by atoms with Crippen LogP contribution in [0, 0.1) is 11.8 Å². The fourth-order valence-corrected chi connectivity index (χ4v) is 2.10. The van der Waals surface area contributed by atoms with E-state index in [0.717, 1.165) is 22.3 Å². The maximum absolute atomic E-state index is 11.3. The van der Waals surface area contributed by atoms with Gasteiger partial charge >= 0.3 is 0 Å².